The lowest BCUT2D eigenvalue weighted by Gasteiger charge is -2.39. The van der Waals surface area contributed by atoms with Crippen LogP contribution in [-0.2, 0) is 10.4 Å². The fraction of sp³-hybridized carbons (Fsp3) is 0.611. The smallest absolute Gasteiger partial charge is 0.259 e. The van der Waals surface area contributed by atoms with E-state index < -0.39 is 5.60 Å². The van der Waals surface area contributed by atoms with E-state index in [-0.39, 0.29) is 11.8 Å². The Kier molecular flexibility index (Phi) is 4.29. The number of nitrogens with zero attached hydrogens (tertiary/aromatic N) is 1. The number of piperidine rings is 1. The normalized spacial score (nSPS) is 23.0. The molecule has 1 atom stereocenters. The van der Waals surface area contributed by atoms with Crippen molar-refractivity contribution in [2.24, 2.45) is 5.92 Å². The molecule has 3 nitrogen and oxygen atoms in total. The molecule has 3 rings (SSSR count). The number of hydrogen-bond donors (Lipinski definition) is 1. The minimum absolute atomic E-state index is 0.0642. The van der Waals surface area contributed by atoms with Gasteiger partial charge < -0.3 is 10.0 Å². The van der Waals surface area contributed by atoms with Gasteiger partial charge in [-0.2, -0.15) is 0 Å². The monoisotopic (exact) mass is 287 g/mol. The fourth-order valence-corrected chi connectivity index (χ4v) is 3.91. The number of carbonyl (C=O) groups is 1. The zero-order valence-electron chi connectivity index (χ0n) is 12.6. The Morgan fingerprint density at radius 2 is 1.62 bits per heavy atom. The lowest BCUT2D eigenvalue weighted by molar-refractivity contribution is -0.160. The van der Waals surface area contributed by atoms with E-state index in [1.165, 1.54) is 6.42 Å². The summed E-state index contributed by atoms with van der Waals surface area (Å²) in [5, 5.41) is 11.4. The van der Waals surface area contributed by atoms with Gasteiger partial charge >= 0.3 is 0 Å². The number of benzene rings is 1. The lowest BCUT2D eigenvalue weighted by atomic mass is 9.78. The Balaban J connectivity index is 1.93. The summed E-state index contributed by atoms with van der Waals surface area (Å²) >= 11 is 0. The second kappa shape index (κ2) is 6.18. The SMILES string of the molecule is O=C(N1CCCCC1)C(O)(c1ccccc1)C1CCCC1. The Labute approximate surface area is 127 Å². The summed E-state index contributed by atoms with van der Waals surface area (Å²) in [7, 11) is 0. The van der Waals surface area contributed by atoms with Gasteiger partial charge in [0.25, 0.3) is 5.91 Å². The van der Waals surface area contributed by atoms with E-state index in [0.29, 0.717) is 0 Å². The number of hydrogen-bond acceptors (Lipinski definition) is 2. The highest BCUT2D eigenvalue weighted by Gasteiger charge is 2.48. The van der Waals surface area contributed by atoms with Crippen LogP contribution < -0.4 is 0 Å². The molecule has 1 heterocycles. The third kappa shape index (κ3) is 2.71. The number of carbonyl (C=O) groups excluding carboxylic acids is 1. The summed E-state index contributed by atoms with van der Waals surface area (Å²) in [5.74, 6) is -0.00498. The zero-order valence-corrected chi connectivity index (χ0v) is 12.6. The molecular formula is C18H25NO2. The van der Waals surface area contributed by atoms with E-state index in [9.17, 15) is 9.90 Å². The third-order valence-electron chi connectivity index (χ3n) is 5.13. The second-order valence-electron chi connectivity index (χ2n) is 6.47. The molecule has 1 saturated heterocycles. The van der Waals surface area contributed by atoms with E-state index >= 15 is 0 Å². The van der Waals surface area contributed by atoms with Gasteiger partial charge in [0.1, 0.15) is 0 Å². The lowest BCUT2D eigenvalue weighted by Crippen LogP contribution is -2.52. The standard InChI is InChI=1S/C18H25NO2/c20-17(19-13-7-2-8-14-19)18(21,16-11-5-6-12-16)15-9-3-1-4-10-15/h1,3-4,9-10,16,21H,2,5-8,11-14H2. The van der Waals surface area contributed by atoms with Gasteiger partial charge in [0.2, 0.25) is 0 Å². The van der Waals surface area contributed by atoms with Crippen molar-refractivity contribution in [2.45, 2.75) is 50.5 Å². The first-order valence-electron chi connectivity index (χ1n) is 8.30. The third-order valence-corrected chi connectivity index (χ3v) is 5.13. The van der Waals surface area contributed by atoms with Gasteiger partial charge in [-0.05, 0) is 37.7 Å². The van der Waals surface area contributed by atoms with Gasteiger partial charge in [-0.25, -0.2) is 0 Å². The summed E-state index contributed by atoms with van der Waals surface area (Å²) in [6.07, 6.45) is 7.44. The van der Waals surface area contributed by atoms with Gasteiger partial charge in [0.15, 0.2) is 5.60 Å². The van der Waals surface area contributed by atoms with Crippen molar-refractivity contribution >= 4 is 5.91 Å². The van der Waals surface area contributed by atoms with Crippen molar-refractivity contribution in [1.29, 1.82) is 0 Å². The maximum absolute atomic E-state index is 13.1. The molecule has 0 spiro atoms. The Morgan fingerprint density at radius 3 is 2.24 bits per heavy atom. The van der Waals surface area contributed by atoms with Crippen molar-refractivity contribution in [1.82, 2.24) is 4.90 Å². The molecule has 1 N–H and O–H groups in total. The van der Waals surface area contributed by atoms with Crippen molar-refractivity contribution in [2.75, 3.05) is 13.1 Å². The molecule has 0 radical (unpaired) electrons. The molecule has 1 aromatic carbocycles. The largest absolute Gasteiger partial charge is 0.375 e. The van der Waals surface area contributed by atoms with Crippen LogP contribution in [0.4, 0.5) is 0 Å². The first kappa shape index (κ1) is 14.6. The van der Waals surface area contributed by atoms with Crippen LogP contribution >= 0.6 is 0 Å². The topological polar surface area (TPSA) is 40.5 Å². The maximum Gasteiger partial charge on any atom is 0.259 e. The molecule has 0 bridgehead atoms. The van der Waals surface area contributed by atoms with E-state index in [1.54, 1.807) is 0 Å². The van der Waals surface area contributed by atoms with Gasteiger partial charge in [-0.15, -0.1) is 0 Å². The molecule has 1 unspecified atom stereocenters. The maximum atomic E-state index is 13.1. The summed E-state index contributed by atoms with van der Waals surface area (Å²) in [6, 6.07) is 9.57. The predicted molar refractivity (Wildman–Crippen MR) is 82.7 cm³/mol. The Bertz CT molecular complexity index is 475. The van der Waals surface area contributed by atoms with Crippen LogP contribution in [0.15, 0.2) is 30.3 Å². The molecule has 3 heteroatoms. The van der Waals surface area contributed by atoms with E-state index in [0.717, 1.165) is 57.2 Å². The average Bonchev–Trinajstić information content (AvgIpc) is 3.10. The van der Waals surface area contributed by atoms with Crippen LogP contribution in [0.25, 0.3) is 0 Å². The van der Waals surface area contributed by atoms with E-state index in [1.807, 2.05) is 35.2 Å². The molecule has 1 amide bonds. The molecule has 21 heavy (non-hydrogen) atoms. The highest BCUT2D eigenvalue weighted by atomic mass is 16.3. The number of rotatable bonds is 3. The highest BCUT2D eigenvalue weighted by molar-refractivity contribution is 5.87. The Morgan fingerprint density at radius 1 is 1.00 bits per heavy atom. The number of aliphatic hydroxyl groups is 1. The minimum Gasteiger partial charge on any atom is -0.375 e. The summed E-state index contributed by atoms with van der Waals surface area (Å²) in [5.41, 5.74) is -0.553. The summed E-state index contributed by atoms with van der Waals surface area (Å²) in [4.78, 5) is 15.0. The zero-order chi connectivity index (χ0) is 14.7. The first-order chi connectivity index (χ1) is 10.2. The molecule has 1 aromatic rings. The molecule has 2 aliphatic rings. The van der Waals surface area contributed by atoms with Crippen molar-refractivity contribution < 1.29 is 9.90 Å². The summed E-state index contributed by atoms with van der Waals surface area (Å²) < 4.78 is 0. The van der Waals surface area contributed by atoms with Crippen LogP contribution in [0.5, 0.6) is 0 Å². The van der Waals surface area contributed by atoms with E-state index in [4.69, 9.17) is 0 Å². The number of amides is 1. The first-order valence-corrected chi connectivity index (χ1v) is 8.30. The van der Waals surface area contributed by atoms with Crippen molar-refractivity contribution in [3.8, 4) is 0 Å². The molecule has 114 valence electrons. The van der Waals surface area contributed by atoms with Gasteiger partial charge in [0.05, 0.1) is 0 Å². The van der Waals surface area contributed by atoms with Gasteiger partial charge in [0, 0.05) is 19.0 Å². The molecule has 2 fully saturated rings. The minimum atomic E-state index is -1.32. The fourth-order valence-electron chi connectivity index (χ4n) is 3.91. The van der Waals surface area contributed by atoms with Gasteiger partial charge in [-0.1, -0.05) is 43.2 Å². The van der Waals surface area contributed by atoms with Crippen LogP contribution in [-0.4, -0.2) is 29.0 Å². The van der Waals surface area contributed by atoms with Crippen LogP contribution in [0.1, 0.15) is 50.5 Å². The van der Waals surface area contributed by atoms with Gasteiger partial charge in [-0.3, -0.25) is 4.79 Å². The quantitative estimate of drug-likeness (QED) is 0.928. The molecule has 1 saturated carbocycles. The van der Waals surface area contributed by atoms with Crippen LogP contribution in [0.2, 0.25) is 0 Å². The molecular weight excluding hydrogens is 262 g/mol. The average molecular weight is 287 g/mol. The molecule has 0 aromatic heterocycles. The van der Waals surface area contributed by atoms with Crippen LogP contribution in [0.3, 0.4) is 0 Å². The predicted octanol–water partition coefficient (Wildman–Crippen LogP) is 3.08. The molecule has 1 aliphatic carbocycles. The van der Waals surface area contributed by atoms with Crippen molar-refractivity contribution in [3.63, 3.8) is 0 Å². The molecule has 1 aliphatic heterocycles. The second-order valence-corrected chi connectivity index (χ2v) is 6.47. The van der Waals surface area contributed by atoms with Crippen molar-refractivity contribution in [3.05, 3.63) is 35.9 Å². The van der Waals surface area contributed by atoms with E-state index in [2.05, 4.69) is 0 Å². The highest BCUT2D eigenvalue weighted by Crippen LogP contribution is 2.42. The summed E-state index contributed by atoms with van der Waals surface area (Å²) in [6.45, 7) is 1.58. The van der Waals surface area contributed by atoms with Crippen LogP contribution in [0, 0.1) is 5.92 Å². The number of likely N-dealkylation sites (tertiary alicyclic amines) is 1. The Hall–Kier alpha value is -1.35.